The van der Waals surface area contributed by atoms with Gasteiger partial charge in [-0.05, 0) is 19.8 Å². The predicted molar refractivity (Wildman–Crippen MR) is 55.6 cm³/mol. The number of carbonyl (C=O) groups is 3. The zero-order chi connectivity index (χ0) is 12.3. The maximum absolute atomic E-state index is 12.0. The molecule has 2 amide bonds. The van der Waals surface area contributed by atoms with Gasteiger partial charge in [-0.25, -0.2) is 0 Å². The maximum Gasteiger partial charge on any atom is 0.323 e. The summed E-state index contributed by atoms with van der Waals surface area (Å²) < 4.78 is 0. The van der Waals surface area contributed by atoms with Crippen LogP contribution in [0.25, 0.3) is 0 Å². The Morgan fingerprint density at radius 2 is 1.94 bits per heavy atom. The summed E-state index contributed by atoms with van der Waals surface area (Å²) in [5.41, 5.74) is -1.000. The molecule has 1 aliphatic carbocycles. The standard InChI is InChI=1S/C10H16N2O4/c1-3-12(6-7(13)14)9(16)10(4-5-10)8(15)11-2/h3-6H2,1-2H3,(H,11,15)(H,13,14). The molecule has 0 aromatic rings. The normalized spacial score (nSPS) is 16.4. The van der Waals surface area contributed by atoms with Gasteiger partial charge in [0.05, 0.1) is 0 Å². The van der Waals surface area contributed by atoms with Crippen LogP contribution in [0.3, 0.4) is 0 Å². The molecule has 0 aromatic heterocycles. The van der Waals surface area contributed by atoms with Crippen molar-refractivity contribution in [2.24, 2.45) is 5.41 Å². The highest BCUT2D eigenvalue weighted by Crippen LogP contribution is 2.47. The summed E-state index contributed by atoms with van der Waals surface area (Å²) >= 11 is 0. The molecule has 0 bridgehead atoms. The summed E-state index contributed by atoms with van der Waals surface area (Å²) in [7, 11) is 1.48. The van der Waals surface area contributed by atoms with Crippen LogP contribution in [0.15, 0.2) is 0 Å². The lowest BCUT2D eigenvalue weighted by atomic mass is 10.0. The van der Waals surface area contributed by atoms with Crippen LogP contribution in [0.5, 0.6) is 0 Å². The number of carboxylic acid groups (broad SMARTS) is 1. The number of aliphatic carboxylic acids is 1. The zero-order valence-electron chi connectivity index (χ0n) is 9.45. The molecule has 0 saturated heterocycles. The molecule has 0 radical (unpaired) electrons. The Morgan fingerprint density at radius 3 is 2.25 bits per heavy atom. The van der Waals surface area contributed by atoms with Gasteiger partial charge in [-0.3, -0.25) is 14.4 Å². The molecule has 0 heterocycles. The molecule has 0 atom stereocenters. The highest BCUT2D eigenvalue weighted by Gasteiger charge is 2.57. The Bertz CT molecular complexity index is 323. The quantitative estimate of drug-likeness (QED) is 0.618. The van der Waals surface area contributed by atoms with Gasteiger partial charge >= 0.3 is 5.97 Å². The fourth-order valence-electron chi connectivity index (χ4n) is 1.70. The first kappa shape index (κ1) is 12.5. The van der Waals surface area contributed by atoms with Crippen LogP contribution in [0, 0.1) is 5.41 Å². The Labute approximate surface area is 93.6 Å². The lowest BCUT2D eigenvalue weighted by molar-refractivity contribution is -0.150. The molecule has 16 heavy (non-hydrogen) atoms. The Hall–Kier alpha value is -1.59. The molecule has 1 fully saturated rings. The number of carboxylic acids is 1. The molecule has 0 spiro atoms. The van der Waals surface area contributed by atoms with Crippen molar-refractivity contribution in [2.75, 3.05) is 20.1 Å². The molecule has 2 N–H and O–H groups in total. The molecule has 6 heteroatoms. The Balaban J connectivity index is 2.75. The smallest absolute Gasteiger partial charge is 0.323 e. The van der Waals surface area contributed by atoms with Crippen molar-refractivity contribution >= 4 is 17.8 Å². The lowest BCUT2D eigenvalue weighted by Gasteiger charge is -2.23. The van der Waals surface area contributed by atoms with Crippen molar-refractivity contribution in [3.8, 4) is 0 Å². The SMILES string of the molecule is CCN(CC(=O)O)C(=O)C1(C(=O)NC)CC1. The van der Waals surface area contributed by atoms with Crippen LogP contribution in [-0.4, -0.2) is 47.9 Å². The molecule has 1 rings (SSSR count). The molecular weight excluding hydrogens is 212 g/mol. The zero-order valence-corrected chi connectivity index (χ0v) is 9.45. The van der Waals surface area contributed by atoms with E-state index in [-0.39, 0.29) is 18.4 Å². The molecule has 1 saturated carbocycles. The minimum absolute atomic E-state index is 0.296. The third-order valence-electron chi connectivity index (χ3n) is 2.82. The van der Waals surface area contributed by atoms with E-state index in [1.807, 2.05) is 0 Å². The van der Waals surface area contributed by atoms with Crippen LogP contribution in [0.2, 0.25) is 0 Å². The van der Waals surface area contributed by atoms with Crippen molar-refractivity contribution in [3.63, 3.8) is 0 Å². The second kappa shape index (κ2) is 4.51. The van der Waals surface area contributed by atoms with Gasteiger partial charge in [0.25, 0.3) is 0 Å². The van der Waals surface area contributed by atoms with E-state index in [0.29, 0.717) is 19.4 Å². The van der Waals surface area contributed by atoms with Gasteiger partial charge in [-0.2, -0.15) is 0 Å². The van der Waals surface area contributed by atoms with E-state index in [2.05, 4.69) is 5.32 Å². The topological polar surface area (TPSA) is 86.7 Å². The number of rotatable bonds is 5. The van der Waals surface area contributed by atoms with Crippen LogP contribution < -0.4 is 5.32 Å². The van der Waals surface area contributed by atoms with Crippen LogP contribution in [0.4, 0.5) is 0 Å². The number of nitrogens with zero attached hydrogens (tertiary/aromatic N) is 1. The second-order valence-corrected chi connectivity index (χ2v) is 3.87. The number of carbonyl (C=O) groups excluding carboxylic acids is 2. The number of hydrogen-bond donors (Lipinski definition) is 2. The molecule has 1 aliphatic rings. The van der Waals surface area contributed by atoms with Gasteiger partial charge in [0.1, 0.15) is 12.0 Å². The van der Waals surface area contributed by atoms with Gasteiger partial charge in [-0.1, -0.05) is 0 Å². The van der Waals surface area contributed by atoms with Crippen molar-refractivity contribution in [2.45, 2.75) is 19.8 Å². The average molecular weight is 228 g/mol. The number of hydrogen-bond acceptors (Lipinski definition) is 3. The summed E-state index contributed by atoms with van der Waals surface area (Å²) in [4.78, 5) is 35.3. The van der Waals surface area contributed by atoms with Crippen LogP contribution >= 0.6 is 0 Å². The average Bonchev–Trinajstić information content (AvgIpc) is 3.04. The summed E-state index contributed by atoms with van der Waals surface area (Å²) in [6.07, 6.45) is 1.00. The van der Waals surface area contributed by atoms with Gasteiger partial charge < -0.3 is 15.3 Å². The van der Waals surface area contributed by atoms with E-state index < -0.39 is 11.4 Å². The van der Waals surface area contributed by atoms with E-state index in [1.165, 1.54) is 11.9 Å². The van der Waals surface area contributed by atoms with Gasteiger partial charge in [0.2, 0.25) is 11.8 Å². The highest BCUT2D eigenvalue weighted by molar-refractivity contribution is 6.08. The van der Waals surface area contributed by atoms with Gasteiger partial charge in [0, 0.05) is 13.6 Å². The third kappa shape index (κ3) is 2.15. The fourth-order valence-corrected chi connectivity index (χ4v) is 1.70. The molecule has 90 valence electrons. The fraction of sp³-hybridized carbons (Fsp3) is 0.700. The van der Waals surface area contributed by atoms with Crippen molar-refractivity contribution in [3.05, 3.63) is 0 Å². The third-order valence-corrected chi connectivity index (χ3v) is 2.82. The number of likely N-dealkylation sites (N-methyl/N-ethyl adjacent to an activating group) is 1. The van der Waals surface area contributed by atoms with Crippen molar-refractivity contribution < 1.29 is 19.5 Å². The van der Waals surface area contributed by atoms with E-state index in [1.54, 1.807) is 6.92 Å². The molecule has 0 aromatic carbocycles. The van der Waals surface area contributed by atoms with E-state index >= 15 is 0 Å². The van der Waals surface area contributed by atoms with E-state index in [0.717, 1.165) is 0 Å². The first-order valence-electron chi connectivity index (χ1n) is 5.21. The minimum atomic E-state index is -1.07. The predicted octanol–water partition coefficient (Wildman–Crippen LogP) is -0.554. The highest BCUT2D eigenvalue weighted by atomic mass is 16.4. The van der Waals surface area contributed by atoms with Crippen molar-refractivity contribution in [1.29, 1.82) is 0 Å². The number of amides is 2. The summed E-state index contributed by atoms with van der Waals surface area (Å²) in [6.45, 7) is 1.64. The summed E-state index contributed by atoms with van der Waals surface area (Å²) in [6, 6.07) is 0. The summed E-state index contributed by atoms with van der Waals surface area (Å²) in [5, 5.41) is 11.1. The monoisotopic (exact) mass is 228 g/mol. The van der Waals surface area contributed by atoms with E-state index in [9.17, 15) is 14.4 Å². The number of nitrogens with one attached hydrogen (secondary N) is 1. The van der Waals surface area contributed by atoms with E-state index in [4.69, 9.17) is 5.11 Å². The maximum atomic E-state index is 12.0. The van der Waals surface area contributed by atoms with Gasteiger partial charge in [-0.15, -0.1) is 0 Å². The first-order chi connectivity index (χ1) is 7.47. The van der Waals surface area contributed by atoms with Crippen LogP contribution in [-0.2, 0) is 14.4 Å². The molecule has 6 nitrogen and oxygen atoms in total. The van der Waals surface area contributed by atoms with Gasteiger partial charge in [0.15, 0.2) is 0 Å². The molecular formula is C10H16N2O4. The molecule has 0 unspecified atom stereocenters. The Kier molecular flexibility index (Phi) is 3.51. The second-order valence-electron chi connectivity index (χ2n) is 3.87. The first-order valence-corrected chi connectivity index (χ1v) is 5.21. The minimum Gasteiger partial charge on any atom is -0.480 e. The van der Waals surface area contributed by atoms with Crippen LogP contribution in [0.1, 0.15) is 19.8 Å². The largest absolute Gasteiger partial charge is 0.480 e. The Morgan fingerprint density at radius 1 is 1.38 bits per heavy atom. The summed E-state index contributed by atoms with van der Waals surface area (Å²) in [5.74, 6) is -1.76. The van der Waals surface area contributed by atoms with Crippen molar-refractivity contribution in [1.82, 2.24) is 10.2 Å². The molecule has 0 aliphatic heterocycles. The lowest BCUT2D eigenvalue weighted by Crippen LogP contribution is -2.46.